The maximum Gasteiger partial charge on any atom is 0.268 e. The van der Waals surface area contributed by atoms with Gasteiger partial charge in [0.2, 0.25) is 0 Å². The van der Waals surface area contributed by atoms with E-state index < -0.39 is 0 Å². The van der Waals surface area contributed by atoms with Gasteiger partial charge in [-0.05, 0) is 19.1 Å². The Bertz CT molecular complexity index is 598. The third-order valence-electron chi connectivity index (χ3n) is 2.59. The van der Waals surface area contributed by atoms with E-state index >= 15 is 0 Å². The monoisotopic (exact) mass is 244 g/mol. The maximum absolute atomic E-state index is 12.1. The molecule has 0 aliphatic carbocycles. The van der Waals surface area contributed by atoms with Gasteiger partial charge in [-0.2, -0.15) is 0 Å². The molecule has 0 N–H and O–H groups in total. The Labute approximate surface area is 102 Å². The molecule has 84 valence electrons. The molecule has 0 saturated carbocycles. The highest BCUT2D eigenvalue weighted by Crippen LogP contribution is 2.30. The molecular weight excluding hydrogens is 236 g/mol. The van der Waals surface area contributed by atoms with Crippen LogP contribution in [0.2, 0.25) is 0 Å². The Balaban J connectivity index is 2.12. The Kier molecular flexibility index (Phi) is 2.09. The molecule has 0 spiro atoms. The van der Waals surface area contributed by atoms with E-state index in [0.717, 1.165) is 10.6 Å². The second kappa shape index (κ2) is 3.49. The summed E-state index contributed by atoms with van der Waals surface area (Å²) in [5.74, 6) is -0.583. The second-order valence-corrected chi connectivity index (χ2v) is 4.60. The Morgan fingerprint density at radius 1 is 1.12 bits per heavy atom. The van der Waals surface area contributed by atoms with Gasteiger partial charge in [0.15, 0.2) is 5.13 Å². The van der Waals surface area contributed by atoms with Gasteiger partial charge in [0.25, 0.3) is 11.8 Å². The largest absolute Gasteiger partial charge is 0.268 e. The minimum atomic E-state index is -0.292. The van der Waals surface area contributed by atoms with Crippen molar-refractivity contribution in [2.75, 3.05) is 4.90 Å². The molecule has 3 rings (SSSR count). The first kappa shape index (κ1) is 10.2. The summed E-state index contributed by atoms with van der Waals surface area (Å²) in [6.07, 6.45) is 0. The van der Waals surface area contributed by atoms with E-state index in [2.05, 4.69) is 4.98 Å². The van der Waals surface area contributed by atoms with Gasteiger partial charge in [-0.15, -0.1) is 11.3 Å². The topological polar surface area (TPSA) is 50.3 Å². The fourth-order valence-electron chi connectivity index (χ4n) is 1.81. The number of anilines is 1. The van der Waals surface area contributed by atoms with Gasteiger partial charge in [0.05, 0.1) is 16.8 Å². The van der Waals surface area contributed by atoms with E-state index in [1.54, 1.807) is 24.3 Å². The lowest BCUT2D eigenvalue weighted by molar-refractivity contribution is 0.0926. The fourth-order valence-corrected chi connectivity index (χ4v) is 2.60. The van der Waals surface area contributed by atoms with Crippen LogP contribution in [0.4, 0.5) is 5.13 Å². The van der Waals surface area contributed by atoms with E-state index in [0.29, 0.717) is 16.3 Å². The zero-order valence-corrected chi connectivity index (χ0v) is 9.82. The SMILES string of the molecule is Cc1csc(N2C(=O)c3ccccc3C2=O)n1. The summed E-state index contributed by atoms with van der Waals surface area (Å²) in [7, 11) is 0. The van der Waals surface area contributed by atoms with Crippen LogP contribution in [-0.4, -0.2) is 16.8 Å². The number of fused-ring (bicyclic) bond motifs is 1. The molecule has 0 unspecified atom stereocenters. The van der Waals surface area contributed by atoms with Crippen LogP contribution in [0.15, 0.2) is 29.6 Å². The molecule has 1 aliphatic heterocycles. The van der Waals surface area contributed by atoms with Crippen LogP contribution < -0.4 is 4.90 Å². The number of hydrogen-bond acceptors (Lipinski definition) is 4. The molecule has 0 bridgehead atoms. The molecule has 0 saturated heterocycles. The average molecular weight is 244 g/mol. The van der Waals surface area contributed by atoms with Crippen LogP contribution in [0.5, 0.6) is 0 Å². The molecule has 4 nitrogen and oxygen atoms in total. The molecule has 2 amide bonds. The standard InChI is InChI=1S/C12H8N2O2S/c1-7-6-17-12(13-7)14-10(15)8-4-2-3-5-9(8)11(14)16/h2-6H,1H3. The first-order valence-corrected chi connectivity index (χ1v) is 5.96. The molecule has 2 heterocycles. The average Bonchev–Trinajstić information content (AvgIpc) is 2.84. The zero-order valence-electron chi connectivity index (χ0n) is 9.01. The molecule has 0 atom stereocenters. The summed E-state index contributed by atoms with van der Waals surface area (Å²) in [6.45, 7) is 1.83. The Hall–Kier alpha value is -2.01. The number of nitrogens with zero attached hydrogens (tertiary/aromatic N) is 2. The van der Waals surface area contributed by atoms with Crippen molar-refractivity contribution in [2.24, 2.45) is 0 Å². The van der Waals surface area contributed by atoms with E-state index in [-0.39, 0.29) is 11.8 Å². The summed E-state index contributed by atoms with van der Waals surface area (Å²) in [5.41, 5.74) is 1.71. The van der Waals surface area contributed by atoms with E-state index in [4.69, 9.17) is 0 Å². The van der Waals surface area contributed by atoms with Crippen molar-refractivity contribution in [3.63, 3.8) is 0 Å². The highest BCUT2D eigenvalue weighted by atomic mass is 32.1. The summed E-state index contributed by atoms with van der Waals surface area (Å²) in [4.78, 5) is 29.5. The molecule has 17 heavy (non-hydrogen) atoms. The number of carbonyl (C=O) groups is 2. The van der Waals surface area contributed by atoms with Crippen molar-refractivity contribution >= 4 is 28.3 Å². The van der Waals surface area contributed by atoms with Gasteiger partial charge in [0.1, 0.15) is 0 Å². The van der Waals surface area contributed by atoms with Gasteiger partial charge >= 0.3 is 0 Å². The molecule has 1 aromatic carbocycles. The minimum absolute atomic E-state index is 0.292. The van der Waals surface area contributed by atoms with Gasteiger partial charge in [0, 0.05) is 5.38 Å². The molecule has 0 radical (unpaired) electrons. The number of carbonyl (C=O) groups excluding carboxylic acids is 2. The first-order chi connectivity index (χ1) is 8.18. The third kappa shape index (κ3) is 1.39. The first-order valence-electron chi connectivity index (χ1n) is 5.08. The van der Waals surface area contributed by atoms with Crippen LogP contribution in [0.3, 0.4) is 0 Å². The maximum atomic E-state index is 12.1. The minimum Gasteiger partial charge on any atom is -0.268 e. The van der Waals surface area contributed by atoms with Crippen molar-refractivity contribution < 1.29 is 9.59 Å². The summed E-state index contributed by atoms with van der Waals surface area (Å²) in [6, 6.07) is 6.83. The second-order valence-electron chi connectivity index (χ2n) is 3.76. The lowest BCUT2D eigenvalue weighted by Crippen LogP contribution is -2.29. The van der Waals surface area contributed by atoms with E-state index in [1.165, 1.54) is 11.3 Å². The molecule has 0 fully saturated rings. The van der Waals surface area contributed by atoms with Crippen molar-refractivity contribution in [3.05, 3.63) is 46.5 Å². The van der Waals surface area contributed by atoms with Crippen LogP contribution in [0.1, 0.15) is 26.4 Å². The third-order valence-corrected chi connectivity index (χ3v) is 3.54. The zero-order chi connectivity index (χ0) is 12.0. The van der Waals surface area contributed by atoms with Crippen molar-refractivity contribution in [1.29, 1.82) is 0 Å². The molecule has 1 aromatic heterocycles. The molecule has 2 aromatic rings. The van der Waals surface area contributed by atoms with E-state index in [1.807, 2.05) is 12.3 Å². The molecule has 1 aliphatic rings. The predicted molar refractivity (Wildman–Crippen MR) is 64.4 cm³/mol. The lowest BCUT2D eigenvalue weighted by atomic mass is 10.1. The number of aryl methyl sites for hydroxylation is 1. The van der Waals surface area contributed by atoms with Crippen LogP contribution in [0, 0.1) is 6.92 Å². The van der Waals surface area contributed by atoms with Crippen molar-refractivity contribution in [3.8, 4) is 0 Å². The lowest BCUT2D eigenvalue weighted by Gasteiger charge is -2.08. The van der Waals surface area contributed by atoms with Crippen molar-refractivity contribution in [2.45, 2.75) is 6.92 Å². The predicted octanol–water partition coefficient (Wildman–Crippen LogP) is 2.25. The molecule has 5 heteroatoms. The summed E-state index contributed by atoms with van der Waals surface area (Å²) >= 11 is 1.30. The van der Waals surface area contributed by atoms with Crippen LogP contribution in [-0.2, 0) is 0 Å². The van der Waals surface area contributed by atoms with Crippen LogP contribution >= 0.6 is 11.3 Å². The highest BCUT2D eigenvalue weighted by Gasteiger charge is 2.37. The number of hydrogen-bond donors (Lipinski definition) is 0. The number of thiazole rings is 1. The number of rotatable bonds is 1. The smallest absolute Gasteiger partial charge is 0.268 e. The normalized spacial score (nSPS) is 14.3. The Morgan fingerprint density at radius 3 is 2.18 bits per heavy atom. The fraction of sp³-hybridized carbons (Fsp3) is 0.0833. The van der Waals surface area contributed by atoms with Crippen LogP contribution in [0.25, 0.3) is 0 Å². The van der Waals surface area contributed by atoms with Crippen molar-refractivity contribution in [1.82, 2.24) is 4.98 Å². The van der Waals surface area contributed by atoms with Gasteiger partial charge < -0.3 is 0 Å². The highest BCUT2D eigenvalue weighted by molar-refractivity contribution is 7.14. The molecular formula is C12H8N2O2S. The quantitative estimate of drug-likeness (QED) is 0.723. The van der Waals surface area contributed by atoms with Gasteiger partial charge in [-0.25, -0.2) is 9.88 Å². The number of benzene rings is 1. The number of aromatic nitrogens is 1. The summed E-state index contributed by atoms with van der Waals surface area (Å²) < 4.78 is 0. The van der Waals surface area contributed by atoms with E-state index in [9.17, 15) is 9.59 Å². The Morgan fingerprint density at radius 2 is 1.71 bits per heavy atom. The van der Waals surface area contributed by atoms with Gasteiger partial charge in [-0.1, -0.05) is 12.1 Å². The number of imide groups is 1. The summed E-state index contributed by atoms with van der Waals surface area (Å²) in [5, 5.41) is 2.26. The van der Waals surface area contributed by atoms with Gasteiger partial charge in [-0.3, -0.25) is 9.59 Å². The number of amides is 2.